The van der Waals surface area contributed by atoms with Crippen LogP contribution in [0.2, 0.25) is 0 Å². The van der Waals surface area contributed by atoms with Crippen LogP contribution in [-0.4, -0.2) is 30.3 Å². The van der Waals surface area contributed by atoms with E-state index in [-0.39, 0.29) is 0 Å². The maximum Gasteiger partial charge on any atom is 0.335 e. The van der Waals surface area contributed by atoms with Gasteiger partial charge in [-0.25, -0.2) is 13.6 Å². The van der Waals surface area contributed by atoms with Crippen LogP contribution >= 0.6 is 0 Å². The molecule has 0 bridgehead atoms. The number of nitrogens with two attached hydrogens (primary N) is 1. The number of hydrogen-bond acceptors (Lipinski definition) is 2. The van der Waals surface area contributed by atoms with Crippen LogP contribution in [0.1, 0.15) is 0 Å². The maximum absolute atomic E-state index is 10.6. The molecule has 0 aromatic rings. The summed E-state index contributed by atoms with van der Waals surface area (Å²) >= 11 is 0. The first-order chi connectivity index (χ1) is 4.54. The molecular formula is C4H7F2NO3. The van der Waals surface area contributed by atoms with E-state index in [1.165, 1.54) is 0 Å². The van der Waals surface area contributed by atoms with Crippen molar-refractivity contribution in [2.75, 3.05) is 13.3 Å². The lowest BCUT2D eigenvalue weighted by Crippen LogP contribution is -2.11. The van der Waals surface area contributed by atoms with E-state index >= 15 is 0 Å². The Balaban J connectivity index is 0. The zero-order valence-corrected chi connectivity index (χ0v) is 5.01. The van der Waals surface area contributed by atoms with Crippen molar-refractivity contribution in [1.82, 2.24) is 0 Å². The quantitative estimate of drug-likeness (QED) is 0.563. The summed E-state index contributed by atoms with van der Waals surface area (Å²) in [6, 6.07) is 0. The molecule has 3 N–H and O–H groups in total. The van der Waals surface area contributed by atoms with Crippen molar-refractivity contribution in [3.8, 4) is 0 Å². The van der Waals surface area contributed by atoms with Crippen LogP contribution in [0.15, 0.2) is 0 Å². The predicted octanol–water partition coefficient (Wildman–Crippen LogP) is -0.518. The van der Waals surface area contributed by atoms with E-state index in [0.29, 0.717) is 0 Å². The fraction of sp³-hybridized carbons (Fsp3) is 0.500. The zero-order valence-electron chi connectivity index (χ0n) is 5.01. The summed E-state index contributed by atoms with van der Waals surface area (Å²) < 4.78 is 21.2. The summed E-state index contributed by atoms with van der Waals surface area (Å²) in [6.07, 6.45) is 0. The second-order valence-corrected chi connectivity index (χ2v) is 1.13. The van der Waals surface area contributed by atoms with Crippen molar-refractivity contribution in [2.24, 2.45) is 5.73 Å². The number of aliphatic carboxylic acids is 1. The van der Waals surface area contributed by atoms with Crippen LogP contribution in [0, 0.1) is 0 Å². The lowest BCUT2D eigenvalue weighted by Gasteiger charge is -1.70. The van der Waals surface area contributed by atoms with Gasteiger partial charge in [0, 0.05) is 0 Å². The molecule has 0 radical (unpaired) electrons. The zero-order chi connectivity index (χ0) is 8.57. The first kappa shape index (κ1) is 11.6. The molecule has 0 heterocycles. The Morgan fingerprint density at radius 3 is 1.50 bits per heavy atom. The van der Waals surface area contributed by atoms with E-state index in [4.69, 9.17) is 9.90 Å². The normalized spacial score (nSPS) is 7.40. The van der Waals surface area contributed by atoms with E-state index in [9.17, 15) is 13.6 Å². The molecule has 0 spiro atoms. The molecule has 0 aromatic heterocycles. The second-order valence-electron chi connectivity index (χ2n) is 1.13. The van der Waals surface area contributed by atoms with Gasteiger partial charge in [-0.15, -0.1) is 0 Å². The van der Waals surface area contributed by atoms with Crippen molar-refractivity contribution in [3.05, 3.63) is 0 Å². The van der Waals surface area contributed by atoms with Gasteiger partial charge >= 0.3 is 5.97 Å². The minimum Gasteiger partial charge on any atom is -0.479 e. The molecule has 0 atom stereocenters. The Bertz CT molecular complexity index is 103. The average Bonchev–Trinajstić information content (AvgIpc) is 1.89. The number of carbonyl (C=O) groups is 2. The Morgan fingerprint density at radius 1 is 1.30 bits per heavy atom. The van der Waals surface area contributed by atoms with E-state index < -0.39 is 25.2 Å². The minimum absolute atomic E-state index is 0.912. The molecule has 0 unspecified atom stereocenters. The van der Waals surface area contributed by atoms with Crippen molar-refractivity contribution < 1.29 is 23.5 Å². The lowest BCUT2D eigenvalue weighted by molar-refractivity contribution is -0.137. The molecule has 0 aliphatic carbocycles. The average molecular weight is 155 g/mol. The van der Waals surface area contributed by atoms with E-state index in [0.717, 1.165) is 0 Å². The molecule has 0 aliphatic rings. The van der Waals surface area contributed by atoms with Crippen LogP contribution in [0.4, 0.5) is 8.78 Å². The summed E-state index contributed by atoms with van der Waals surface area (Å²) in [7, 11) is 0. The van der Waals surface area contributed by atoms with Crippen LogP contribution in [0.5, 0.6) is 0 Å². The Kier molecular flexibility index (Phi) is 9.03. The molecule has 0 rings (SSSR count). The van der Waals surface area contributed by atoms with Crippen LogP contribution in [0.25, 0.3) is 0 Å². The molecule has 10 heavy (non-hydrogen) atoms. The largest absolute Gasteiger partial charge is 0.479 e. The number of carbonyl (C=O) groups excluding carboxylic acids is 1. The van der Waals surface area contributed by atoms with E-state index in [1.807, 2.05) is 0 Å². The van der Waals surface area contributed by atoms with Crippen molar-refractivity contribution >= 4 is 11.9 Å². The van der Waals surface area contributed by atoms with Gasteiger partial charge in [-0.3, -0.25) is 4.79 Å². The number of carboxylic acids is 1. The standard InChI is InChI=1S/C2H4FNO.C2H3FO2/c2*3-1-2(4)5/h1H2,(H2,4,5);1H2,(H,4,5). The van der Waals surface area contributed by atoms with Gasteiger partial charge in [0.2, 0.25) is 5.91 Å². The van der Waals surface area contributed by atoms with Gasteiger partial charge in [-0.05, 0) is 0 Å². The number of amides is 1. The van der Waals surface area contributed by atoms with Gasteiger partial charge in [0.1, 0.15) is 0 Å². The number of halogens is 2. The van der Waals surface area contributed by atoms with E-state index in [1.54, 1.807) is 0 Å². The van der Waals surface area contributed by atoms with E-state index in [2.05, 4.69) is 5.73 Å². The molecule has 4 nitrogen and oxygen atoms in total. The van der Waals surface area contributed by atoms with Gasteiger partial charge in [-0.2, -0.15) is 0 Å². The first-order valence-corrected chi connectivity index (χ1v) is 2.16. The molecule has 0 fully saturated rings. The Labute approximate surface area is 55.6 Å². The SMILES string of the molecule is NC(=O)CF.O=C(O)CF. The van der Waals surface area contributed by atoms with Crippen LogP contribution in [0.3, 0.4) is 0 Å². The van der Waals surface area contributed by atoms with Crippen molar-refractivity contribution in [3.63, 3.8) is 0 Å². The molecule has 0 saturated carbocycles. The fourth-order valence-electron chi connectivity index (χ4n) is 0. The topological polar surface area (TPSA) is 80.4 Å². The molecule has 0 aromatic carbocycles. The fourth-order valence-corrected chi connectivity index (χ4v) is 0. The van der Waals surface area contributed by atoms with Gasteiger partial charge in [0.15, 0.2) is 13.3 Å². The third-order valence-electron chi connectivity index (χ3n) is 0.246. The summed E-state index contributed by atoms with van der Waals surface area (Å²) in [4.78, 5) is 18.2. The lowest BCUT2D eigenvalue weighted by atomic mass is 10.7. The summed E-state index contributed by atoms with van der Waals surface area (Å²) in [6.45, 7) is -2.33. The molecule has 6 heteroatoms. The smallest absolute Gasteiger partial charge is 0.335 e. The number of carboxylic acid groups (broad SMARTS) is 1. The highest BCUT2D eigenvalue weighted by Crippen LogP contribution is 1.60. The summed E-state index contributed by atoms with van der Waals surface area (Å²) in [5.41, 5.74) is 4.28. The predicted molar refractivity (Wildman–Crippen MR) is 28.8 cm³/mol. The molecule has 1 amide bonds. The highest BCUT2D eigenvalue weighted by Gasteiger charge is 1.85. The molecule has 60 valence electrons. The van der Waals surface area contributed by atoms with Gasteiger partial charge < -0.3 is 10.8 Å². The van der Waals surface area contributed by atoms with Gasteiger partial charge in [0.05, 0.1) is 0 Å². The Morgan fingerprint density at radius 2 is 1.50 bits per heavy atom. The highest BCUT2D eigenvalue weighted by atomic mass is 19.1. The van der Waals surface area contributed by atoms with Crippen molar-refractivity contribution in [2.45, 2.75) is 0 Å². The van der Waals surface area contributed by atoms with Crippen molar-refractivity contribution in [1.29, 1.82) is 0 Å². The second kappa shape index (κ2) is 7.80. The minimum atomic E-state index is -1.41. The monoisotopic (exact) mass is 155 g/mol. The van der Waals surface area contributed by atoms with Crippen LogP contribution in [-0.2, 0) is 9.59 Å². The summed E-state index contributed by atoms with van der Waals surface area (Å²) in [5.74, 6) is -2.32. The number of primary amides is 1. The first-order valence-electron chi connectivity index (χ1n) is 2.16. The molecule has 0 saturated heterocycles. The number of hydrogen-bond donors (Lipinski definition) is 2. The van der Waals surface area contributed by atoms with Crippen LogP contribution < -0.4 is 5.73 Å². The Hall–Kier alpha value is -1.20. The molecular weight excluding hydrogens is 148 g/mol. The third kappa shape index (κ3) is 29.2. The summed E-state index contributed by atoms with van der Waals surface area (Å²) in [5, 5.41) is 7.35. The third-order valence-corrected chi connectivity index (χ3v) is 0.246. The van der Waals surface area contributed by atoms with Gasteiger partial charge in [0.25, 0.3) is 0 Å². The number of rotatable bonds is 2. The van der Waals surface area contributed by atoms with Gasteiger partial charge in [-0.1, -0.05) is 0 Å². The number of alkyl halides is 2. The molecule has 0 aliphatic heterocycles. The maximum atomic E-state index is 10.6. The highest BCUT2D eigenvalue weighted by molar-refractivity contribution is 5.74.